The van der Waals surface area contributed by atoms with Crippen LogP contribution in [0.3, 0.4) is 0 Å². The molecule has 1 saturated heterocycles. The first-order chi connectivity index (χ1) is 13.4. The molecule has 164 valence electrons. The number of hydroxylamine groups is 1. The first-order valence-electron chi connectivity index (χ1n) is 9.22. The van der Waals surface area contributed by atoms with Gasteiger partial charge in [-0.3, -0.25) is 4.68 Å². The highest BCUT2D eigenvalue weighted by Crippen LogP contribution is 2.53. The molecule has 0 aliphatic carbocycles. The van der Waals surface area contributed by atoms with Crippen LogP contribution in [-0.4, -0.2) is 55.9 Å². The molecule has 1 aromatic heterocycles. The normalized spacial score (nSPS) is 22.6. The molecule has 0 bridgehead atoms. The molecular weight excluding hydrogens is 413 g/mol. The fourth-order valence-corrected chi connectivity index (χ4v) is 5.02. The quantitative estimate of drug-likeness (QED) is 0.569. The van der Waals surface area contributed by atoms with Crippen LogP contribution in [0.4, 0.5) is 13.2 Å². The molecule has 0 saturated carbocycles. The highest BCUT2D eigenvalue weighted by Gasteiger charge is 2.59. The molecule has 3 heterocycles. The van der Waals surface area contributed by atoms with Crippen molar-refractivity contribution in [3.05, 3.63) is 11.8 Å². The number of carbonyl (C=O) groups excluding carboxylic acids is 1. The molecule has 1 aromatic rings. The molecular formula is C17H25F3N4O4S. The van der Waals surface area contributed by atoms with Crippen molar-refractivity contribution in [2.45, 2.75) is 57.1 Å². The van der Waals surface area contributed by atoms with Gasteiger partial charge in [0, 0.05) is 18.0 Å². The van der Waals surface area contributed by atoms with E-state index < -0.39 is 39.7 Å². The summed E-state index contributed by atoms with van der Waals surface area (Å²) in [6.45, 7) is 6.52. The summed E-state index contributed by atoms with van der Waals surface area (Å²) in [6, 6.07) is 0.739. The lowest BCUT2D eigenvalue weighted by Crippen LogP contribution is -2.52. The van der Waals surface area contributed by atoms with Gasteiger partial charge in [0.25, 0.3) is 0 Å². The number of hydrogen-bond acceptors (Lipinski definition) is 7. The Bertz CT molecular complexity index is 759. The third-order valence-corrected chi connectivity index (χ3v) is 6.88. The predicted octanol–water partition coefficient (Wildman–Crippen LogP) is 2.10. The van der Waals surface area contributed by atoms with Gasteiger partial charge in [-0.2, -0.15) is 13.2 Å². The van der Waals surface area contributed by atoms with Crippen molar-refractivity contribution < 1.29 is 32.1 Å². The average Bonchev–Trinajstić information content (AvgIpc) is 3.13. The lowest BCUT2D eigenvalue weighted by atomic mass is 9.74. The zero-order valence-corrected chi connectivity index (χ0v) is 17.5. The number of aromatic nitrogens is 2. The molecule has 0 radical (unpaired) electrons. The Labute approximate surface area is 170 Å². The summed E-state index contributed by atoms with van der Waals surface area (Å²) in [5.74, 6) is -2.11. The number of rotatable bonds is 4. The minimum Gasteiger partial charge on any atom is -0.595 e. The van der Waals surface area contributed by atoms with Crippen LogP contribution in [0.5, 0.6) is 5.88 Å². The highest BCUT2D eigenvalue weighted by molar-refractivity contribution is 7.90. The maximum absolute atomic E-state index is 13.2. The monoisotopic (exact) mass is 438 g/mol. The second-order valence-electron chi connectivity index (χ2n) is 8.31. The molecule has 12 heteroatoms. The van der Waals surface area contributed by atoms with E-state index in [1.54, 1.807) is 31.5 Å². The summed E-state index contributed by atoms with van der Waals surface area (Å²) >= 11 is -2.06. The van der Waals surface area contributed by atoms with Gasteiger partial charge in [0.2, 0.25) is 5.88 Å². The molecule has 1 N–H and O–H groups in total. The maximum Gasteiger partial charge on any atom is 0.492 e. The Morgan fingerprint density at radius 2 is 2.00 bits per heavy atom. The summed E-state index contributed by atoms with van der Waals surface area (Å²) in [6.07, 6.45) is -4.01. The van der Waals surface area contributed by atoms with Crippen LogP contribution >= 0.6 is 0 Å². The maximum atomic E-state index is 13.2. The first-order valence-corrected chi connectivity index (χ1v) is 10.3. The van der Waals surface area contributed by atoms with Crippen molar-refractivity contribution in [2.75, 3.05) is 20.2 Å². The van der Waals surface area contributed by atoms with E-state index in [-0.39, 0.29) is 5.88 Å². The number of alkyl halides is 3. The van der Waals surface area contributed by atoms with Crippen molar-refractivity contribution in [3.8, 4) is 5.88 Å². The van der Waals surface area contributed by atoms with Crippen LogP contribution in [0.1, 0.15) is 45.3 Å². The molecule has 3 rings (SSSR count). The SMILES string of the molecule is COc1cc2n(n1)CC1(CCNCC1)[C@@H]2N(OC(=O)C(F)(F)F)[S+]([O-])C(C)(C)C. The van der Waals surface area contributed by atoms with Crippen molar-refractivity contribution in [1.82, 2.24) is 19.6 Å². The standard InChI is InChI=1S/C17H25F3N4O4S/c1-15(2,3)29(26)24(28-14(25)17(18,19)20)13-11-9-12(27-4)22-23(11)10-16(13)5-7-21-8-6-16/h9,13,21H,5-8,10H2,1-4H3/t13-,29?/m1/s1. The van der Waals surface area contributed by atoms with E-state index in [2.05, 4.69) is 10.4 Å². The van der Waals surface area contributed by atoms with Gasteiger partial charge in [-0.15, -0.1) is 5.10 Å². The van der Waals surface area contributed by atoms with Crippen LogP contribution in [-0.2, 0) is 27.5 Å². The summed E-state index contributed by atoms with van der Waals surface area (Å²) in [4.78, 5) is 16.5. The van der Waals surface area contributed by atoms with E-state index in [0.29, 0.717) is 38.2 Å². The number of nitrogens with zero attached hydrogens (tertiary/aromatic N) is 3. The fourth-order valence-electron chi connectivity index (χ4n) is 3.83. The van der Waals surface area contributed by atoms with Gasteiger partial charge in [0.15, 0.2) is 0 Å². The van der Waals surface area contributed by atoms with Crippen molar-refractivity contribution in [2.24, 2.45) is 5.41 Å². The van der Waals surface area contributed by atoms with Gasteiger partial charge >= 0.3 is 12.1 Å². The second-order valence-corrected chi connectivity index (χ2v) is 10.4. The first kappa shape index (κ1) is 22.2. The Kier molecular flexibility index (Phi) is 5.84. The summed E-state index contributed by atoms with van der Waals surface area (Å²) in [5, 5.41) is 7.55. The lowest BCUT2D eigenvalue weighted by Gasteiger charge is -2.43. The van der Waals surface area contributed by atoms with E-state index >= 15 is 0 Å². The summed E-state index contributed by atoms with van der Waals surface area (Å²) in [7, 11) is 1.43. The molecule has 2 aliphatic heterocycles. The summed E-state index contributed by atoms with van der Waals surface area (Å²) < 4.78 is 58.8. The van der Waals surface area contributed by atoms with E-state index in [1.807, 2.05) is 0 Å². The molecule has 1 spiro atoms. The van der Waals surface area contributed by atoms with Crippen LogP contribution in [0.2, 0.25) is 0 Å². The lowest BCUT2D eigenvalue weighted by molar-refractivity contribution is -0.232. The van der Waals surface area contributed by atoms with Crippen molar-refractivity contribution >= 4 is 17.3 Å². The fraction of sp³-hybridized carbons (Fsp3) is 0.765. The Hall–Kier alpha value is -1.50. The molecule has 1 unspecified atom stereocenters. The van der Waals surface area contributed by atoms with E-state index in [4.69, 9.17) is 9.57 Å². The minimum absolute atomic E-state index is 0.289. The number of fused-ring (bicyclic) bond motifs is 1. The highest BCUT2D eigenvalue weighted by atomic mass is 32.2. The predicted molar refractivity (Wildman–Crippen MR) is 97.9 cm³/mol. The Balaban J connectivity index is 2.08. The van der Waals surface area contributed by atoms with Gasteiger partial charge in [-0.05, 0) is 46.7 Å². The topological polar surface area (TPSA) is 91.7 Å². The molecule has 1 fully saturated rings. The second kappa shape index (κ2) is 7.64. The van der Waals surface area contributed by atoms with Gasteiger partial charge in [-0.25, -0.2) is 4.79 Å². The minimum atomic E-state index is -5.21. The summed E-state index contributed by atoms with van der Waals surface area (Å²) in [5.41, 5.74) is -0.0663. The number of ether oxygens (including phenoxy) is 1. The zero-order chi connectivity index (χ0) is 21.6. The number of methoxy groups -OCH3 is 1. The van der Waals surface area contributed by atoms with E-state index in [9.17, 15) is 22.5 Å². The number of hydrogen-bond donors (Lipinski definition) is 1. The third kappa shape index (κ3) is 4.21. The number of halogens is 3. The number of piperidine rings is 1. The molecule has 0 aromatic carbocycles. The van der Waals surface area contributed by atoms with Crippen LogP contribution < -0.4 is 10.1 Å². The number of nitrogens with one attached hydrogen (secondary N) is 1. The Morgan fingerprint density at radius 3 is 2.52 bits per heavy atom. The molecule has 0 amide bonds. The van der Waals surface area contributed by atoms with Gasteiger partial charge in [-0.1, -0.05) is 0 Å². The Morgan fingerprint density at radius 1 is 1.38 bits per heavy atom. The smallest absolute Gasteiger partial charge is 0.492 e. The zero-order valence-electron chi connectivity index (χ0n) is 16.7. The van der Waals surface area contributed by atoms with Crippen LogP contribution in [0.15, 0.2) is 6.07 Å². The third-order valence-electron chi connectivity index (χ3n) is 5.22. The van der Waals surface area contributed by atoms with Crippen molar-refractivity contribution in [1.29, 1.82) is 0 Å². The van der Waals surface area contributed by atoms with Gasteiger partial charge < -0.3 is 19.4 Å². The van der Waals surface area contributed by atoms with Crippen molar-refractivity contribution in [3.63, 3.8) is 0 Å². The molecule has 29 heavy (non-hydrogen) atoms. The van der Waals surface area contributed by atoms with E-state index in [0.717, 1.165) is 4.47 Å². The molecule has 8 nitrogen and oxygen atoms in total. The average molecular weight is 438 g/mol. The number of carbonyl (C=O) groups is 1. The van der Waals surface area contributed by atoms with Gasteiger partial charge in [0.1, 0.15) is 10.8 Å². The van der Waals surface area contributed by atoms with Crippen LogP contribution in [0, 0.1) is 5.41 Å². The van der Waals surface area contributed by atoms with Gasteiger partial charge in [0.05, 0.1) is 28.6 Å². The molecule has 2 aliphatic rings. The largest absolute Gasteiger partial charge is 0.595 e. The van der Waals surface area contributed by atoms with Crippen LogP contribution in [0.25, 0.3) is 0 Å². The van der Waals surface area contributed by atoms with E-state index in [1.165, 1.54) is 7.11 Å². The molecule has 2 atom stereocenters.